The average Bonchev–Trinajstić information content (AvgIpc) is 2.65. The summed E-state index contributed by atoms with van der Waals surface area (Å²) in [6.45, 7) is 7.67. The molecule has 19 heavy (non-hydrogen) atoms. The lowest BCUT2D eigenvalue weighted by Gasteiger charge is -2.40. The standard InChI is InChI=1S/C15H29N3O/c1-5-6-7-14-15(19)18(12(3)16-14)13-8-9-17(4)11(2)10-13/h11-14,16H,5-10H2,1-4H3. The second-order valence-corrected chi connectivity index (χ2v) is 6.29. The first-order chi connectivity index (χ1) is 9.04. The SMILES string of the molecule is CCCCC1NC(C)N(C2CCN(C)C(C)C2)C1=O. The summed E-state index contributed by atoms with van der Waals surface area (Å²) in [7, 11) is 2.18. The summed E-state index contributed by atoms with van der Waals surface area (Å²) in [5.74, 6) is 0.336. The van der Waals surface area contributed by atoms with Crippen LogP contribution in [0.5, 0.6) is 0 Å². The molecule has 2 fully saturated rings. The van der Waals surface area contributed by atoms with Crippen LogP contribution in [0.15, 0.2) is 0 Å². The predicted molar refractivity (Wildman–Crippen MR) is 77.9 cm³/mol. The van der Waals surface area contributed by atoms with Crippen LogP contribution in [0, 0.1) is 0 Å². The van der Waals surface area contributed by atoms with E-state index in [1.54, 1.807) is 0 Å². The van der Waals surface area contributed by atoms with E-state index < -0.39 is 0 Å². The van der Waals surface area contributed by atoms with E-state index in [-0.39, 0.29) is 12.2 Å². The summed E-state index contributed by atoms with van der Waals surface area (Å²) in [6, 6.07) is 1.06. The zero-order valence-electron chi connectivity index (χ0n) is 12.9. The number of rotatable bonds is 4. The Kier molecular flexibility index (Phi) is 4.85. The summed E-state index contributed by atoms with van der Waals surface area (Å²) in [5, 5.41) is 3.47. The molecule has 110 valence electrons. The van der Waals surface area contributed by atoms with E-state index in [0.29, 0.717) is 18.0 Å². The van der Waals surface area contributed by atoms with Gasteiger partial charge in [0.15, 0.2) is 0 Å². The molecular weight excluding hydrogens is 238 g/mol. The Morgan fingerprint density at radius 2 is 2.11 bits per heavy atom. The first kappa shape index (κ1) is 14.8. The molecular formula is C15H29N3O. The van der Waals surface area contributed by atoms with Crippen molar-refractivity contribution in [2.45, 2.75) is 77.2 Å². The van der Waals surface area contributed by atoms with Crippen LogP contribution >= 0.6 is 0 Å². The molecule has 1 N–H and O–H groups in total. The average molecular weight is 267 g/mol. The smallest absolute Gasteiger partial charge is 0.241 e. The molecule has 4 atom stereocenters. The van der Waals surface area contributed by atoms with E-state index in [1.807, 2.05) is 0 Å². The van der Waals surface area contributed by atoms with Gasteiger partial charge in [-0.05, 0) is 40.2 Å². The summed E-state index contributed by atoms with van der Waals surface area (Å²) >= 11 is 0. The predicted octanol–water partition coefficient (Wildman–Crippen LogP) is 1.81. The summed E-state index contributed by atoms with van der Waals surface area (Å²) in [4.78, 5) is 17.1. The van der Waals surface area contributed by atoms with Gasteiger partial charge in [0.1, 0.15) is 0 Å². The highest BCUT2D eigenvalue weighted by atomic mass is 16.2. The van der Waals surface area contributed by atoms with E-state index in [1.165, 1.54) is 0 Å². The third kappa shape index (κ3) is 3.11. The zero-order chi connectivity index (χ0) is 14.0. The zero-order valence-corrected chi connectivity index (χ0v) is 12.9. The monoisotopic (exact) mass is 267 g/mol. The van der Waals surface area contributed by atoms with Crippen molar-refractivity contribution in [3.63, 3.8) is 0 Å². The van der Waals surface area contributed by atoms with Crippen molar-refractivity contribution in [3.05, 3.63) is 0 Å². The Balaban J connectivity index is 1.98. The van der Waals surface area contributed by atoms with E-state index in [4.69, 9.17) is 0 Å². The van der Waals surface area contributed by atoms with Gasteiger partial charge in [0, 0.05) is 18.6 Å². The topological polar surface area (TPSA) is 35.6 Å². The van der Waals surface area contributed by atoms with Crippen LogP contribution in [-0.4, -0.2) is 53.6 Å². The van der Waals surface area contributed by atoms with Gasteiger partial charge in [-0.15, -0.1) is 0 Å². The van der Waals surface area contributed by atoms with Crippen LogP contribution in [0.2, 0.25) is 0 Å². The Morgan fingerprint density at radius 1 is 1.37 bits per heavy atom. The highest BCUT2D eigenvalue weighted by Gasteiger charge is 2.41. The maximum atomic E-state index is 12.6. The molecule has 0 saturated carbocycles. The normalized spacial score (nSPS) is 37.1. The van der Waals surface area contributed by atoms with Crippen molar-refractivity contribution in [3.8, 4) is 0 Å². The maximum Gasteiger partial charge on any atom is 0.241 e. The minimum atomic E-state index is 0.0601. The van der Waals surface area contributed by atoms with Crippen LogP contribution in [0.1, 0.15) is 52.9 Å². The Hall–Kier alpha value is -0.610. The fourth-order valence-corrected chi connectivity index (χ4v) is 3.44. The van der Waals surface area contributed by atoms with E-state index >= 15 is 0 Å². The maximum absolute atomic E-state index is 12.6. The fourth-order valence-electron chi connectivity index (χ4n) is 3.44. The van der Waals surface area contributed by atoms with E-state index in [2.05, 4.69) is 42.9 Å². The number of unbranched alkanes of at least 4 members (excludes halogenated alkanes) is 1. The number of piperidine rings is 1. The molecule has 0 radical (unpaired) electrons. The molecule has 2 aliphatic rings. The van der Waals surface area contributed by atoms with Gasteiger partial charge in [0.25, 0.3) is 0 Å². The molecule has 0 aromatic carbocycles. The van der Waals surface area contributed by atoms with E-state index in [9.17, 15) is 4.79 Å². The van der Waals surface area contributed by atoms with Gasteiger partial charge in [-0.3, -0.25) is 10.1 Å². The first-order valence-electron chi connectivity index (χ1n) is 7.83. The molecule has 1 amide bonds. The van der Waals surface area contributed by atoms with Crippen LogP contribution in [0.25, 0.3) is 0 Å². The number of nitrogens with one attached hydrogen (secondary N) is 1. The lowest BCUT2D eigenvalue weighted by Crippen LogP contribution is -2.51. The molecule has 4 heteroatoms. The summed E-state index contributed by atoms with van der Waals surface area (Å²) in [6.07, 6.45) is 5.69. The van der Waals surface area contributed by atoms with Crippen molar-refractivity contribution in [2.75, 3.05) is 13.6 Å². The van der Waals surface area contributed by atoms with Crippen LogP contribution in [0.4, 0.5) is 0 Å². The minimum Gasteiger partial charge on any atom is -0.323 e. The van der Waals surface area contributed by atoms with Gasteiger partial charge in [-0.25, -0.2) is 0 Å². The third-order valence-electron chi connectivity index (χ3n) is 4.83. The molecule has 0 bridgehead atoms. The molecule has 2 saturated heterocycles. The molecule has 2 heterocycles. The summed E-state index contributed by atoms with van der Waals surface area (Å²) < 4.78 is 0. The number of nitrogens with zero attached hydrogens (tertiary/aromatic N) is 2. The van der Waals surface area contributed by atoms with Gasteiger partial charge in [0.05, 0.1) is 12.2 Å². The van der Waals surface area contributed by atoms with Gasteiger partial charge in [0.2, 0.25) is 5.91 Å². The number of carbonyl (C=O) groups is 1. The molecule has 0 aromatic heterocycles. The number of amides is 1. The molecule has 2 rings (SSSR count). The third-order valence-corrected chi connectivity index (χ3v) is 4.83. The second-order valence-electron chi connectivity index (χ2n) is 6.29. The lowest BCUT2D eigenvalue weighted by molar-refractivity contribution is -0.133. The van der Waals surface area contributed by atoms with Gasteiger partial charge in [-0.1, -0.05) is 19.8 Å². The Morgan fingerprint density at radius 3 is 2.74 bits per heavy atom. The lowest BCUT2D eigenvalue weighted by atomic mass is 9.97. The minimum absolute atomic E-state index is 0.0601. The van der Waals surface area contributed by atoms with Crippen molar-refractivity contribution in [1.29, 1.82) is 0 Å². The van der Waals surface area contributed by atoms with Crippen LogP contribution in [-0.2, 0) is 4.79 Å². The van der Waals surface area contributed by atoms with Crippen molar-refractivity contribution >= 4 is 5.91 Å². The van der Waals surface area contributed by atoms with Crippen LogP contribution in [0.3, 0.4) is 0 Å². The van der Waals surface area contributed by atoms with Gasteiger partial charge < -0.3 is 9.80 Å². The molecule has 0 spiro atoms. The quantitative estimate of drug-likeness (QED) is 0.844. The largest absolute Gasteiger partial charge is 0.323 e. The second kappa shape index (κ2) is 6.23. The first-order valence-corrected chi connectivity index (χ1v) is 7.83. The fraction of sp³-hybridized carbons (Fsp3) is 0.933. The van der Waals surface area contributed by atoms with Crippen LogP contribution < -0.4 is 5.32 Å². The molecule has 4 nitrogen and oxygen atoms in total. The van der Waals surface area contributed by atoms with Crippen molar-refractivity contribution < 1.29 is 4.79 Å². The van der Waals surface area contributed by atoms with Gasteiger partial charge in [-0.2, -0.15) is 0 Å². The molecule has 0 aromatic rings. The van der Waals surface area contributed by atoms with Crippen molar-refractivity contribution in [2.24, 2.45) is 0 Å². The van der Waals surface area contributed by atoms with Crippen molar-refractivity contribution in [1.82, 2.24) is 15.1 Å². The highest BCUT2D eigenvalue weighted by molar-refractivity contribution is 5.84. The molecule has 4 unspecified atom stereocenters. The highest BCUT2D eigenvalue weighted by Crippen LogP contribution is 2.26. The number of carbonyl (C=O) groups excluding carboxylic acids is 1. The number of hydrogen-bond donors (Lipinski definition) is 1. The van der Waals surface area contributed by atoms with E-state index in [0.717, 1.165) is 38.6 Å². The molecule has 2 aliphatic heterocycles. The van der Waals surface area contributed by atoms with Gasteiger partial charge >= 0.3 is 0 Å². The molecule has 0 aliphatic carbocycles. The Labute approximate surface area is 117 Å². The summed E-state index contributed by atoms with van der Waals surface area (Å²) in [5.41, 5.74) is 0. The number of hydrogen-bond acceptors (Lipinski definition) is 3. The Bertz CT molecular complexity index is 321. The number of likely N-dealkylation sites (tertiary alicyclic amines) is 1.